The number of pyridine rings is 2. The van der Waals surface area contributed by atoms with Gasteiger partial charge in [-0.1, -0.05) is 75.0 Å². The van der Waals surface area contributed by atoms with Crippen molar-refractivity contribution in [2.45, 2.75) is 36.1 Å². The molecule has 3 aromatic carbocycles. The summed E-state index contributed by atoms with van der Waals surface area (Å²) in [5.41, 5.74) is 5.80. The van der Waals surface area contributed by atoms with Crippen molar-refractivity contribution in [2.75, 3.05) is 0 Å². The lowest BCUT2D eigenvalue weighted by Crippen LogP contribution is -2.11. The average Bonchev–Trinajstić information content (AvgIpc) is 3.22. The second kappa shape index (κ2) is 9.09. The first-order chi connectivity index (χ1) is 17.9. The van der Waals surface area contributed by atoms with Crippen molar-refractivity contribution in [3.8, 4) is 22.7 Å². The highest BCUT2D eigenvalue weighted by atomic mass is 32.2. The molecule has 5 heteroatoms. The van der Waals surface area contributed by atoms with Gasteiger partial charge in [-0.3, -0.25) is 4.57 Å². The van der Waals surface area contributed by atoms with E-state index in [0.29, 0.717) is 5.69 Å². The Hall–Kier alpha value is -4.09. The summed E-state index contributed by atoms with van der Waals surface area (Å²) in [6.45, 7) is 6.65. The van der Waals surface area contributed by atoms with Gasteiger partial charge in [-0.25, -0.2) is 9.97 Å². The summed E-state index contributed by atoms with van der Waals surface area (Å²) in [6.07, 6.45) is 1.89. The number of phenolic OH excluding ortho intramolecular Hbond substituents is 1. The van der Waals surface area contributed by atoms with E-state index >= 15 is 0 Å². The molecular weight excluding hydrogens is 474 g/mol. The molecule has 6 rings (SSSR count). The maximum absolute atomic E-state index is 10.7. The van der Waals surface area contributed by atoms with E-state index in [1.165, 1.54) is 5.56 Å². The third kappa shape index (κ3) is 4.36. The molecule has 0 fully saturated rings. The molecule has 3 aromatic heterocycles. The molecule has 0 saturated heterocycles. The quantitative estimate of drug-likeness (QED) is 0.263. The first-order valence-electron chi connectivity index (χ1n) is 12.3. The molecule has 0 aliphatic carbocycles. The maximum atomic E-state index is 10.7. The van der Waals surface area contributed by atoms with E-state index < -0.39 is 0 Å². The first kappa shape index (κ1) is 23.3. The summed E-state index contributed by atoms with van der Waals surface area (Å²) in [5, 5.41) is 13.8. The summed E-state index contributed by atoms with van der Waals surface area (Å²) in [4.78, 5) is 10.8. The number of phenols is 1. The van der Waals surface area contributed by atoms with E-state index in [-0.39, 0.29) is 11.2 Å². The summed E-state index contributed by atoms with van der Waals surface area (Å²) in [6, 6.07) is 32.5. The van der Waals surface area contributed by atoms with Crippen LogP contribution in [0.1, 0.15) is 26.3 Å². The molecule has 0 bridgehead atoms. The number of benzene rings is 3. The molecule has 0 amide bonds. The van der Waals surface area contributed by atoms with Crippen molar-refractivity contribution in [3.05, 3.63) is 109 Å². The summed E-state index contributed by atoms with van der Waals surface area (Å²) >= 11 is 1.66. The van der Waals surface area contributed by atoms with Crippen LogP contribution < -0.4 is 0 Å². The van der Waals surface area contributed by atoms with Gasteiger partial charge >= 0.3 is 0 Å². The van der Waals surface area contributed by atoms with Gasteiger partial charge in [0.2, 0.25) is 0 Å². The van der Waals surface area contributed by atoms with Crippen LogP contribution in [0.15, 0.2) is 113 Å². The van der Waals surface area contributed by atoms with Crippen LogP contribution in [0.25, 0.3) is 38.9 Å². The fourth-order valence-electron chi connectivity index (χ4n) is 4.67. The van der Waals surface area contributed by atoms with Gasteiger partial charge in [0.25, 0.3) is 0 Å². The molecule has 0 unspecified atom stereocenters. The number of fused-ring (bicyclic) bond motifs is 3. The minimum absolute atomic E-state index is 0.0745. The van der Waals surface area contributed by atoms with Crippen LogP contribution in [-0.2, 0) is 5.41 Å². The minimum Gasteiger partial charge on any atom is -0.506 e. The molecule has 182 valence electrons. The molecule has 0 aliphatic rings. The zero-order chi connectivity index (χ0) is 25.6. The van der Waals surface area contributed by atoms with E-state index in [9.17, 15) is 5.11 Å². The lowest BCUT2D eigenvalue weighted by atomic mass is 9.88. The molecule has 3 heterocycles. The van der Waals surface area contributed by atoms with Gasteiger partial charge in [0.05, 0.1) is 16.9 Å². The number of hydrogen-bond donors (Lipinski definition) is 1. The first-order valence-corrected chi connectivity index (χ1v) is 13.1. The van der Waals surface area contributed by atoms with E-state index in [2.05, 4.69) is 86.4 Å². The third-order valence-corrected chi connectivity index (χ3v) is 7.52. The van der Waals surface area contributed by atoms with Gasteiger partial charge in [0.15, 0.2) is 0 Å². The zero-order valence-electron chi connectivity index (χ0n) is 21.0. The van der Waals surface area contributed by atoms with Crippen LogP contribution in [0.5, 0.6) is 5.75 Å². The molecule has 1 N–H and O–H groups in total. The van der Waals surface area contributed by atoms with Crippen molar-refractivity contribution in [1.82, 2.24) is 14.5 Å². The van der Waals surface area contributed by atoms with Crippen molar-refractivity contribution in [1.29, 1.82) is 0 Å². The third-order valence-electron chi connectivity index (χ3n) is 6.60. The Balaban J connectivity index is 1.45. The lowest BCUT2D eigenvalue weighted by Gasteiger charge is -2.19. The Morgan fingerprint density at radius 2 is 1.59 bits per heavy atom. The van der Waals surface area contributed by atoms with E-state index in [0.717, 1.165) is 43.1 Å². The summed E-state index contributed by atoms with van der Waals surface area (Å²) in [5.74, 6) is 0.223. The fraction of sp³-hybridized carbons (Fsp3) is 0.125. The smallest absolute Gasteiger partial charge is 0.146 e. The fourth-order valence-corrected chi connectivity index (χ4v) is 5.54. The lowest BCUT2D eigenvalue weighted by molar-refractivity contribution is 0.473. The van der Waals surface area contributed by atoms with Crippen molar-refractivity contribution >= 4 is 33.7 Å². The molecular formula is C32H27N3OS. The highest BCUT2D eigenvalue weighted by Gasteiger charge is 2.17. The van der Waals surface area contributed by atoms with Crippen LogP contribution in [0.3, 0.4) is 0 Å². The van der Waals surface area contributed by atoms with Gasteiger partial charge in [-0.05, 0) is 65.6 Å². The zero-order valence-corrected chi connectivity index (χ0v) is 21.8. The predicted octanol–water partition coefficient (Wildman–Crippen LogP) is 8.40. The van der Waals surface area contributed by atoms with Gasteiger partial charge in [0.1, 0.15) is 16.4 Å². The summed E-state index contributed by atoms with van der Waals surface area (Å²) < 4.78 is 2.05. The Morgan fingerprint density at radius 1 is 0.784 bits per heavy atom. The van der Waals surface area contributed by atoms with Gasteiger partial charge < -0.3 is 5.11 Å². The van der Waals surface area contributed by atoms with E-state index in [1.807, 2.05) is 41.1 Å². The van der Waals surface area contributed by atoms with Gasteiger partial charge in [-0.15, -0.1) is 0 Å². The number of rotatable bonds is 4. The van der Waals surface area contributed by atoms with Crippen LogP contribution in [0.4, 0.5) is 0 Å². The normalized spacial score (nSPS) is 11.9. The van der Waals surface area contributed by atoms with Gasteiger partial charge in [0, 0.05) is 27.4 Å². The molecule has 4 nitrogen and oxygen atoms in total. The van der Waals surface area contributed by atoms with Crippen molar-refractivity contribution < 1.29 is 5.11 Å². The van der Waals surface area contributed by atoms with Crippen LogP contribution in [0.2, 0.25) is 0 Å². The SMILES string of the molecule is CC(C)(C)c1ccnc(Sc2cccc(-c3ccc4c5ccccc5n(-c5ccccc5O)c4n3)c2)c1. The van der Waals surface area contributed by atoms with Crippen LogP contribution >= 0.6 is 11.8 Å². The molecule has 0 saturated carbocycles. The highest BCUT2D eigenvalue weighted by molar-refractivity contribution is 7.99. The Labute approximate surface area is 220 Å². The number of hydrogen-bond acceptors (Lipinski definition) is 4. The maximum Gasteiger partial charge on any atom is 0.146 e. The predicted molar refractivity (Wildman–Crippen MR) is 153 cm³/mol. The number of para-hydroxylation sites is 3. The van der Waals surface area contributed by atoms with Gasteiger partial charge in [-0.2, -0.15) is 0 Å². The largest absolute Gasteiger partial charge is 0.506 e. The monoisotopic (exact) mass is 501 g/mol. The Bertz CT molecular complexity index is 1760. The summed E-state index contributed by atoms with van der Waals surface area (Å²) in [7, 11) is 0. The van der Waals surface area contributed by atoms with Crippen molar-refractivity contribution in [3.63, 3.8) is 0 Å². The second-order valence-electron chi connectivity index (χ2n) is 10.2. The topological polar surface area (TPSA) is 50.9 Å². The molecule has 0 radical (unpaired) electrons. The second-order valence-corrected chi connectivity index (χ2v) is 11.3. The molecule has 6 aromatic rings. The van der Waals surface area contributed by atoms with E-state index in [1.54, 1.807) is 17.8 Å². The van der Waals surface area contributed by atoms with Crippen LogP contribution in [0, 0.1) is 0 Å². The standard InChI is InChI=1S/C32H27N3OS/c1-32(2,3)22-17-18-33-30(20-22)37-23-10-8-9-21(19-23)26-16-15-25-24-11-4-5-12-27(24)35(31(25)34-26)28-13-6-7-14-29(28)36/h4-20,36H,1-3H3. The Kier molecular flexibility index (Phi) is 5.73. The average molecular weight is 502 g/mol. The minimum atomic E-state index is 0.0745. The number of aromatic nitrogens is 3. The molecule has 0 atom stereocenters. The molecule has 0 aliphatic heterocycles. The molecule has 0 spiro atoms. The van der Waals surface area contributed by atoms with E-state index in [4.69, 9.17) is 4.98 Å². The Morgan fingerprint density at radius 3 is 2.43 bits per heavy atom. The van der Waals surface area contributed by atoms with Crippen LogP contribution in [-0.4, -0.2) is 19.6 Å². The number of aromatic hydroxyl groups is 1. The molecule has 37 heavy (non-hydrogen) atoms. The number of nitrogens with zero attached hydrogens (tertiary/aromatic N) is 3. The van der Waals surface area contributed by atoms with Crippen molar-refractivity contribution in [2.24, 2.45) is 0 Å². The highest BCUT2D eigenvalue weighted by Crippen LogP contribution is 2.36.